The highest BCUT2D eigenvalue weighted by molar-refractivity contribution is 5.95. The van der Waals surface area contributed by atoms with Crippen molar-refractivity contribution in [3.63, 3.8) is 0 Å². The van der Waals surface area contributed by atoms with Crippen LogP contribution in [0.25, 0.3) is 0 Å². The molecule has 0 saturated carbocycles. The summed E-state index contributed by atoms with van der Waals surface area (Å²) in [5, 5.41) is 6.63. The van der Waals surface area contributed by atoms with Crippen molar-refractivity contribution < 1.29 is 9.59 Å². The third-order valence-corrected chi connectivity index (χ3v) is 6.84. The van der Waals surface area contributed by atoms with E-state index in [9.17, 15) is 9.59 Å². The van der Waals surface area contributed by atoms with Crippen LogP contribution in [0.5, 0.6) is 0 Å². The molecule has 31 heavy (non-hydrogen) atoms. The minimum atomic E-state index is -0.142. The van der Waals surface area contributed by atoms with Crippen molar-refractivity contribution in [1.82, 2.24) is 20.1 Å². The first-order valence-electron chi connectivity index (χ1n) is 11.2. The maximum Gasteiger partial charge on any atom is 0.322 e. The van der Waals surface area contributed by atoms with E-state index in [2.05, 4.69) is 15.6 Å². The summed E-state index contributed by atoms with van der Waals surface area (Å²) in [4.78, 5) is 33.6. The molecule has 0 radical (unpaired) electrons. The van der Waals surface area contributed by atoms with Crippen molar-refractivity contribution in [2.75, 3.05) is 25.0 Å². The molecule has 1 aromatic heterocycles. The molecular weight excluding hydrogens is 390 g/mol. The van der Waals surface area contributed by atoms with E-state index in [1.165, 1.54) is 12.8 Å². The Morgan fingerprint density at radius 1 is 0.968 bits per heavy atom. The number of hydrogen-bond acceptors (Lipinski definition) is 4. The van der Waals surface area contributed by atoms with Crippen LogP contribution in [-0.4, -0.2) is 51.9 Å². The molecule has 3 amide bonds. The maximum atomic E-state index is 13.1. The summed E-state index contributed by atoms with van der Waals surface area (Å²) in [5.41, 5.74) is 3.69. The van der Waals surface area contributed by atoms with E-state index in [-0.39, 0.29) is 17.5 Å². The molecule has 1 spiro atoms. The van der Waals surface area contributed by atoms with Crippen LogP contribution in [0.1, 0.15) is 53.6 Å². The molecule has 162 valence electrons. The van der Waals surface area contributed by atoms with Crippen molar-refractivity contribution in [1.29, 1.82) is 0 Å². The van der Waals surface area contributed by atoms with Gasteiger partial charge in [0.2, 0.25) is 0 Å². The number of likely N-dealkylation sites (tertiary alicyclic amines) is 1. The van der Waals surface area contributed by atoms with Crippen LogP contribution in [0.3, 0.4) is 0 Å². The van der Waals surface area contributed by atoms with Crippen molar-refractivity contribution >= 4 is 17.6 Å². The zero-order valence-electron chi connectivity index (χ0n) is 17.8. The van der Waals surface area contributed by atoms with Gasteiger partial charge in [0.25, 0.3) is 5.91 Å². The van der Waals surface area contributed by atoms with Crippen LogP contribution in [0.15, 0.2) is 42.7 Å². The number of anilines is 1. The summed E-state index contributed by atoms with van der Waals surface area (Å²) >= 11 is 0. The number of carbonyl (C=O) groups excluding carboxylic acids is 2. The van der Waals surface area contributed by atoms with Gasteiger partial charge in [-0.15, -0.1) is 0 Å². The molecule has 1 atom stereocenters. The first kappa shape index (κ1) is 20.0. The number of nitrogens with one attached hydrogen (secondary N) is 2. The van der Waals surface area contributed by atoms with E-state index in [0.717, 1.165) is 50.0 Å². The fourth-order valence-corrected chi connectivity index (χ4v) is 5.13. The van der Waals surface area contributed by atoms with Crippen LogP contribution >= 0.6 is 0 Å². The highest BCUT2D eigenvalue weighted by Gasteiger charge is 2.37. The van der Waals surface area contributed by atoms with Gasteiger partial charge >= 0.3 is 6.03 Å². The number of benzene rings is 1. The molecule has 1 unspecified atom stereocenters. The van der Waals surface area contributed by atoms with Crippen molar-refractivity contribution in [2.45, 2.75) is 50.7 Å². The molecule has 3 aliphatic heterocycles. The van der Waals surface area contributed by atoms with Gasteiger partial charge < -0.3 is 20.4 Å². The number of hydrogen-bond donors (Lipinski definition) is 2. The Morgan fingerprint density at radius 3 is 2.55 bits per heavy atom. The fraction of sp³-hybridized carbons (Fsp3) is 0.458. The summed E-state index contributed by atoms with van der Waals surface area (Å²) in [5.74, 6) is 0.0758. The van der Waals surface area contributed by atoms with Crippen molar-refractivity contribution in [2.24, 2.45) is 0 Å². The van der Waals surface area contributed by atoms with Gasteiger partial charge in [-0.2, -0.15) is 0 Å². The Morgan fingerprint density at radius 2 is 1.77 bits per heavy atom. The summed E-state index contributed by atoms with van der Waals surface area (Å²) in [6.45, 7) is 3.80. The lowest BCUT2D eigenvalue weighted by Crippen LogP contribution is -2.59. The molecule has 3 aliphatic rings. The third kappa shape index (κ3) is 4.14. The maximum absolute atomic E-state index is 13.1. The topological polar surface area (TPSA) is 77.6 Å². The second kappa shape index (κ2) is 8.30. The number of nitrogens with zero attached hydrogens (tertiary/aromatic N) is 3. The number of rotatable bonds is 2. The molecule has 2 aromatic rings. The van der Waals surface area contributed by atoms with Crippen molar-refractivity contribution in [3.05, 3.63) is 59.4 Å². The first-order valence-corrected chi connectivity index (χ1v) is 11.2. The normalized spacial score (nSPS) is 23.0. The highest BCUT2D eigenvalue weighted by Crippen LogP contribution is 2.30. The van der Waals surface area contributed by atoms with E-state index < -0.39 is 0 Å². The number of fused-ring (bicyclic) bond motifs is 1. The summed E-state index contributed by atoms with van der Waals surface area (Å²) < 4.78 is 0. The molecule has 7 nitrogen and oxygen atoms in total. The van der Waals surface area contributed by atoms with Gasteiger partial charge in [0, 0.05) is 55.4 Å². The summed E-state index contributed by atoms with van der Waals surface area (Å²) in [6.07, 6.45) is 9.38. The van der Waals surface area contributed by atoms with E-state index in [1.807, 2.05) is 41.4 Å². The average Bonchev–Trinajstić information content (AvgIpc) is 3.24. The SMILES string of the molecule is O=C(Nc1ccc(C(=O)N2CCCC3(CCCCN3)C2)cc1)N1Cc2ccncc2C1. The molecule has 0 aliphatic carbocycles. The Kier molecular flexibility index (Phi) is 5.36. The third-order valence-electron chi connectivity index (χ3n) is 6.84. The molecule has 5 rings (SSSR count). The standard InChI is InChI=1S/C24H29N5O2/c30-22(28-13-3-10-24(17-28)9-1-2-11-26-24)18-4-6-21(7-5-18)27-23(31)29-15-19-8-12-25-14-20(19)16-29/h4-8,12,14,26H,1-3,9-11,13,15-17H2,(H,27,31). The first-order chi connectivity index (χ1) is 15.1. The second-order valence-electron chi connectivity index (χ2n) is 9.00. The monoisotopic (exact) mass is 419 g/mol. The number of amides is 3. The number of aromatic nitrogens is 1. The average molecular weight is 420 g/mol. The number of piperidine rings is 2. The van der Waals surface area contributed by atoms with E-state index in [1.54, 1.807) is 11.1 Å². The molecule has 4 heterocycles. The molecule has 2 N–H and O–H groups in total. The Labute approximate surface area is 182 Å². The van der Waals surface area contributed by atoms with Gasteiger partial charge in [-0.3, -0.25) is 9.78 Å². The van der Waals surface area contributed by atoms with Crippen molar-refractivity contribution in [3.8, 4) is 0 Å². The van der Waals surface area contributed by atoms with E-state index in [0.29, 0.717) is 24.3 Å². The second-order valence-corrected chi connectivity index (χ2v) is 9.00. The zero-order chi connectivity index (χ0) is 21.3. The van der Waals surface area contributed by atoms with Crippen LogP contribution < -0.4 is 10.6 Å². The molecule has 0 bridgehead atoms. The molecule has 2 saturated heterocycles. The highest BCUT2D eigenvalue weighted by atomic mass is 16.2. The number of pyridine rings is 1. The number of carbonyl (C=O) groups is 2. The van der Waals surface area contributed by atoms with Gasteiger partial charge in [0.1, 0.15) is 0 Å². The minimum absolute atomic E-state index is 0.0758. The minimum Gasteiger partial charge on any atom is -0.337 e. The molecule has 7 heteroatoms. The Hall–Kier alpha value is -2.93. The molecule has 1 aromatic carbocycles. The Bertz CT molecular complexity index is 938. The van der Waals surface area contributed by atoms with Gasteiger partial charge in [0.05, 0.1) is 0 Å². The Balaban J connectivity index is 1.20. The predicted molar refractivity (Wildman–Crippen MR) is 119 cm³/mol. The fourth-order valence-electron chi connectivity index (χ4n) is 5.13. The number of urea groups is 1. The van der Waals surface area contributed by atoms with E-state index in [4.69, 9.17) is 0 Å². The van der Waals surface area contributed by atoms with Gasteiger partial charge in [0.15, 0.2) is 0 Å². The quantitative estimate of drug-likeness (QED) is 0.782. The van der Waals surface area contributed by atoms with Gasteiger partial charge in [-0.25, -0.2) is 4.79 Å². The van der Waals surface area contributed by atoms with Gasteiger partial charge in [-0.1, -0.05) is 6.42 Å². The van der Waals surface area contributed by atoms with Crippen LogP contribution in [-0.2, 0) is 13.1 Å². The predicted octanol–water partition coefficient (Wildman–Crippen LogP) is 3.38. The largest absolute Gasteiger partial charge is 0.337 e. The van der Waals surface area contributed by atoms with Gasteiger partial charge in [-0.05, 0) is 73.7 Å². The lowest BCUT2D eigenvalue weighted by atomic mass is 9.81. The summed E-state index contributed by atoms with van der Waals surface area (Å²) in [7, 11) is 0. The van der Waals surface area contributed by atoms with E-state index >= 15 is 0 Å². The molecular formula is C24H29N5O2. The molecule has 2 fully saturated rings. The van der Waals surface area contributed by atoms with Crippen LogP contribution in [0.2, 0.25) is 0 Å². The smallest absolute Gasteiger partial charge is 0.322 e. The van der Waals surface area contributed by atoms with Crippen LogP contribution in [0.4, 0.5) is 10.5 Å². The zero-order valence-corrected chi connectivity index (χ0v) is 17.8. The lowest BCUT2D eigenvalue weighted by Gasteiger charge is -2.46. The summed E-state index contributed by atoms with van der Waals surface area (Å²) in [6, 6.07) is 9.07. The lowest BCUT2D eigenvalue weighted by molar-refractivity contribution is 0.0555. The van der Waals surface area contributed by atoms with Crippen LogP contribution in [0, 0.1) is 0 Å².